The third-order valence-electron chi connectivity index (χ3n) is 7.70. The smallest absolute Gasteiger partial charge is 0.462 e. The van der Waals surface area contributed by atoms with Crippen LogP contribution in [0.1, 0.15) is 136 Å². The number of phosphoric acid groups is 1. The van der Waals surface area contributed by atoms with E-state index in [1.807, 2.05) is 48.6 Å². The summed E-state index contributed by atoms with van der Waals surface area (Å²) in [4.78, 5) is 34.7. The standard InChI is InChI=1S/C41H70NO9P/c1-3-5-7-9-11-12-13-17-20-24-28-32-40(44)48-36-39(37-50-52(46,47)49-35-34-42)51-41(45)33-29-25-21-18-15-14-16-19-23-27-31-38(43)30-26-22-10-8-6-4-2/h6,8,14-15,19,21-23,25-27,31,38-39,43H,3-5,7,9-13,16-18,20,24,28-30,32-37,42H2,1-2H3,(H,46,47)/b8-6-,15-14-,23-19-,25-21-,26-22-,31-27+/t38?,39-/m1/s1. The number of rotatable bonds is 35. The van der Waals surface area contributed by atoms with Gasteiger partial charge in [-0.2, -0.15) is 0 Å². The van der Waals surface area contributed by atoms with Gasteiger partial charge in [-0.25, -0.2) is 4.57 Å². The Morgan fingerprint density at radius 3 is 1.94 bits per heavy atom. The molecule has 0 aliphatic carbocycles. The van der Waals surface area contributed by atoms with Crippen molar-refractivity contribution in [2.24, 2.45) is 5.73 Å². The van der Waals surface area contributed by atoms with Crippen molar-refractivity contribution in [3.8, 4) is 0 Å². The monoisotopic (exact) mass is 751 g/mol. The number of aliphatic hydroxyl groups excluding tert-OH is 1. The lowest BCUT2D eigenvalue weighted by Gasteiger charge is -2.19. The van der Waals surface area contributed by atoms with E-state index in [1.54, 1.807) is 6.08 Å². The fourth-order valence-electron chi connectivity index (χ4n) is 4.80. The second kappa shape index (κ2) is 36.8. The molecule has 0 saturated heterocycles. The Bertz CT molecular complexity index is 1100. The molecule has 0 fully saturated rings. The second-order valence-corrected chi connectivity index (χ2v) is 14.1. The molecular formula is C41H70NO9P. The predicted molar refractivity (Wildman–Crippen MR) is 212 cm³/mol. The third-order valence-corrected chi connectivity index (χ3v) is 8.68. The average molecular weight is 752 g/mol. The third kappa shape index (κ3) is 35.8. The molecular weight excluding hydrogens is 681 g/mol. The molecule has 11 heteroatoms. The van der Waals surface area contributed by atoms with E-state index in [1.165, 1.54) is 44.9 Å². The predicted octanol–water partition coefficient (Wildman–Crippen LogP) is 9.68. The summed E-state index contributed by atoms with van der Waals surface area (Å²) in [6.45, 7) is 3.41. The van der Waals surface area contributed by atoms with E-state index in [9.17, 15) is 24.2 Å². The van der Waals surface area contributed by atoms with Gasteiger partial charge in [-0.3, -0.25) is 18.6 Å². The molecule has 0 aliphatic rings. The van der Waals surface area contributed by atoms with E-state index in [0.29, 0.717) is 25.7 Å². The van der Waals surface area contributed by atoms with Gasteiger partial charge in [-0.15, -0.1) is 0 Å². The van der Waals surface area contributed by atoms with Crippen LogP contribution in [0.2, 0.25) is 0 Å². The molecule has 0 heterocycles. The van der Waals surface area contributed by atoms with E-state index in [0.717, 1.165) is 38.5 Å². The molecule has 52 heavy (non-hydrogen) atoms. The van der Waals surface area contributed by atoms with Crippen molar-refractivity contribution in [1.29, 1.82) is 0 Å². The molecule has 2 unspecified atom stereocenters. The van der Waals surface area contributed by atoms with Crippen LogP contribution in [0, 0.1) is 0 Å². The van der Waals surface area contributed by atoms with Crippen LogP contribution in [0.3, 0.4) is 0 Å². The Balaban J connectivity index is 4.43. The molecule has 3 atom stereocenters. The van der Waals surface area contributed by atoms with Gasteiger partial charge in [-0.1, -0.05) is 151 Å². The van der Waals surface area contributed by atoms with Crippen LogP contribution in [-0.2, 0) is 32.7 Å². The fraction of sp³-hybridized carbons (Fsp3) is 0.659. The highest BCUT2D eigenvalue weighted by Gasteiger charge is 2.25. The van der Waals surface area contributed by atoms with E-state index in [2.05, 4.69) is 32.1 Å². The SMILES string of the molecule is CC/C=C\C/C=C\CC(O)/C=C/C=C\C/C=C\C/C=C\CCC(=O)O[C@H](COC(=O)CCCCCCCCCCCCC)COP(=O)(O)OCCN. The number of phosphoric ester groups is 1. The Morgan fingerprint density at radius 1 is 0.692 bits per heavy atom. The Morgan fingerprint density at radius 2 is 1.29 bits per heavy atom. The zero-order valence-corrected chi connectivity index (χ0v) is 33.0. The van der Waals surface area contributed by atoms with E-state index in [-0.39, 0.29) is 32.6 Å². The van der Waals surface area contributed by atoms with Gasteiger partial charge < -0.3 is 25.2 Å². The average Bonchev–Trinajstić information content (AvgIpc) is 3.12. The topological polar surface area (TPSA) is 155 Å². The molecule has 0 radical (unpaired) electrons. The van der Waals surface area contributed by atoms with Crippen molar-refractivity contribution in [1.82, 2.24) is 0 Å². The van der Waals surface area contributed by atoms with Crippen LogP contribution in [0.15, 0.2) is 72.9 Å². The summed E-state index contributed by atoms with van der Waals surface area (Å²) in [5, 5.41) is 9.98. The molecule has 298 valence electrons. The minimum atomic E-state index is -4.41. The van der Waals surface area contributed by atoms with Crippen molar-refractivity contribution in [2.75, 3.05) is 26.4 Å². The van der Waals surface area contributed by atoms with Crippen molar-refractivity contribution in [2.45, 2.75) is 148 Å². The van der Waals surface area contributed by atoms with Gasteiger partial charge >= 0.3 is 19.8 Å². The molecule has 0 aromatic rings. The highest BCUT2D eigenvalue weighted by Crippen LogP contribution is 2.43. The zero-order chi connectivity index (χ0) is 38.4. The summed E-state index contributed by atoms with van der Waals surface area (Å²) < 4.78 is 32.5. The number of esters is 2. The highest BCUT2D eigenvalue weighted by atomic mass is 31.2. The van der Waals surface area contributed by atoms with E-state index in [4.69, 9.17) is 24.3 Å². The van der Waals surface area contributed by atoms with Crippen LogP contribution in [-0.4, -0.2) is 60.5 Å². The lowest BCUT2D eigenvalue weighted by Crippen LogP contribution is -2.29. The molecule has 0 aromatic heterocycles. The number of carbonyl (C=O) groups is 2. The molecule has 0 bridgehead atoms. The van der Waals surface area contributed by atoms with Crippen LogP contribution < -0.4 is 5.73 Å². The summed E-state index contributed by atoms with van der Waals surface area (Å²) in [6.07, 6.45) is 39.8. The van der Waals surface area contributed by atoms with Crippen LogP contribution in [0.25, 0.3) is 0 Å². The highest BCUT2D eigenvalue weighted by molar-refractivity contribution is 7.47. The van der Waals surface area contributed by atoms with Gasteiger partial charge in [0, 0.05) is 19.4 Å². The maximum Gasteiger partial charge on any atom is 0.472 e. The molecule has 0 amide bonds. The molecule has 10 nitrogen and oxygen atoms in total. The summed E-state index contributed by atoms with van der Waals surface area (Å²) in [5.41, 5.74) is 5.32. The molecule has 0 aromatic carbocycles. The summed E-state index contributed by atoms with van der Waals surface area (Å²) in [6, 6.07) is 0. The van der Waals surface area contributed by atoms with E-state index >= 15 is 0 Å². The number of hydrogen-bond donors (Lipinski definition) is 3. The van der Waals surface area contributed by atoms with Crippen molar-refractivity contribution in [3.05, 3.63) is 72.9 Å². The van der Waals surface area contributed by atoms with E-state index < -0.39 is 38.6 Å². The molecule has 0 spiro atoms. The summed E-state index contributed by atoms with van der Waals surface area (Å²) >= 11 is 0. The first-order valence-electron chi connectivity index (χ1n) is 19.5. The first kappa shape index (κ1) is 49.4. The van der Waals surface area contributed by atoms with Gasteiger partial charge in [0.2, 0.25) is 0 Å². The van der Waals surface area contributed by atoms with Crippen molar-refractivity contribution in [3.63, 3.8) is 0 Å². The maximum atomic E-state index is 12.5. The minimum Gasteiger partial charge on any atom is -0.462 e. The molecule has 4 N–H and O–H groups in total. The Labute approximate surface area is 314 Å². The number of hydrogen-bond acceptors (Lipinski definition) is 9. The van der Waals surface area contributed by atoms with Gasteiger partial charge in [0.25, 0.3) is 0 Å². The first-order valence-corrected chi connectivity index (χ1v) is 21.0. The number of carbonyl (C=O) groups excluding carboxylic acids is 2. The number of allylic oxidation sites excluding steroid dienone is 10. The summed E-state index contributed by atoms with van der Waals surface area (Å²) in [7, 11) is -4.41. The van der Waals surface area contributed by atoms with Gasteiger partial charge in [-0.05, 0) is 44.9 Å². The van der Waals surface area contributed by atoms with Gasteiger partial charge in [0.05, 0.1) is 19.3 Å². The normalized spacial score (nSPS) is 14.8. The molecule has 0 aliphatic heterocycles. The Hall–Kier alpha value is -2.59. The maximum absolute atomic E-state index is 12.5. The lowest BCUT2D eigenvalue weighted by molar-refractivity contribution is -0.161. The van der Waals surface area contributed by atoms with Crippen LogP contribution in [0.4, 0.5) is 0 Å². The van der Waals surface area contributed by atoms with Crippen LogP contribution >= 0.6 is 7.82 Å². The van der Waals surface area contributed by atoms with Gasteiger partial charge in [0.1, 0.15) is 6.61 Å². The number of nitrogens with two attached hydrogens (primary N) is 1. The van der Waals surface area contributed by atoms with Crippen molar-refractivity contribution >= 4 is 19.8 Å². The number of ether oxygens (including phenoxy) is 2. The molecule has 0 rings (SSSR count). The molecule has 0 saturated carbocycles. The largest absolute Gasteiger partial charge is 0.472 e. The number of unbranched alkanes of at least 4 members (excludes halogenated alkanes) is 10. The quantitative estimate of drug-likeness (QED) is 0.0187. The minimum absolute atomic E-state index is 0.0309. The fourth-order valence-corrected chi connectivity index (χ4v) is 5.57. The first-order chi connectivity index (χ1) is 25.2. The Kier molecular flexibility index (Phi) is 34.9. The number of aliphatic hydroxyl groups is 1. The van der Waals surface area contributed by atoms with Crippen molar-refractivity contribution < 1.29 is 42.7 Å². The van der Waals surface area contributed by atoms with Crippen LogP contribution in [0.5, 0.6) is 0 Å². The van der Waals surface area contributed by atoms with Gasteiger partial charge in [0.15, 0.2) is 6.10 Å². The second-order valence-electron chi connectivity index (χ2n) is 12.6. The zero-order valence-electron chi connectivity index (χ0n) is 32.1. The lowest BCUT2D eigenvalue weighted by atomic mass is 10.1. The summed E-state index contributed by atoms with van der Waals surface area (Å²) in [5.74, 6) is -0.964.